The summed E-state index contributed by atoms with van der Waals surface area (Å²) < 4.78 is 0. The fourth-order valence-electron chi connectivity index (χ4n) is 14.0. The Morgan fingerprint density at radius 2 is 1.36 bits per heavy atom. The molecule has 3 fully saturated rings. The summed E-state index contributed by atoms with van der Waals surface area (Å²) in [7, 11) is -2.25. The Morgan fingerprint density at radius 3 is 2.12 bits per heavy atom. The van der Waals surface area contributed by atoms with Gasteiger partial charge in [-0.25, -0.2) is 0 Å². The van der Waals surface area contributed by atoms with Crippen LogP contribution in [0.5, 0.6) is 0 Å². The van der Waals surface area contributed by atoms with Crippen molar-refractivity contribution in [3.05, 3.63) is 131 Å². The minimum Gasteiger partial charge on any atom is -0.338 e. The van der Waals surface area contributed by atoms with E-state index in [1.165, 1.54) is 124 Å². The highest BCUT2D eigenvalue weighted by Crippen LogP contribution is 2.63. The van der Waals surface area contributed by atoms with E-state index >= 15 is 0 Å². The number of anilines is 6. The third-order valence-corrected chi connectivity index (χ3v) is 20.5. The zero-order chi connectivity index (χ0) is 39.7. The molecule has 0 radical (unpaired) electrons. The highest BCUT2D eigenvalue weighted by Gasteiger charge is 2.62. The Labute approximate surface area is 354 Å². The van der Waals surface area contributed by atoms with Crippen LogP contribution in [0.3, 0.4) is 0 Å². The van der Waals surface area contributed by atoms with E-state index in [1.807, 2.05) is 0 Å². The lowest BCUT2D eigenvalue weighted by atomic mass is 9.32. The molecule has 12 rings (SSSR count). The third-order valence-electron chi connectivity index (χ3n) is 17.1. The van der Waals surface area contributed by atoms with Gasteiger partial charge in [-0.1, -0.05) is 132 Å². The summed E-state index contributed by atoms with van der Waals surface area (Å²) in [6.45, 7) is 10.8. The van der Waals surface area contributed by atoms with E-state index in [0.717, 1.165) is 0 Å². The van der Waals surface area contributed by atoms with Gasteiger partial charge in [0.25, 0.3) is 6.71 Å². The molecule has 0 N–H and O–H groups in total. The van der Waals surface area contributed by atoms with E-state index in [1.54, 1.807) is 43.7 Å². The SMILES string of the molecule is CC12CCCCC1(C)N1c3cc(C4CCCCC4)cc4c3B(C3=C(N4c4ccccc4)[Si](C)(C)c4ccc(N(c5ccccc5)C5CCCCC5)cc43)c3cccc2c31. The van der Waals surface area contributed by atoms with Crippen LogP contribution < -0.4 is 30.8 Å². The number of rotatable bonds is 5. The minimum atomic E-state index is -2.25. The Hall–Kier alpha value is -4.48. The Morgan fingerprint density at radius 1 is 0.661 bits per heavy atom. The largest absolute Gasteiger partial charge is 0.338 e. The van der Waals surface area contributed by atoms with E-state index < -0.39 is 8.07 Å². The summed E-state index contributed by atoms with van der Waals surface area (Å²) in [5.74, 6) is 0.624. The van der Waals surface area contributed by atoms with E-state index in [-0.39, 0.29) is 17.7 Å². The number of fused-ring (bicyclic) bond motifs is 8. The van der Waals surface area contributed by atoms with Crippen molar-refractivity contribution in [2.75, 3.05) is 14.7 Å². The number of hydrogen-bond acceptors (Lipinski definition) is 3. The van der Waals surface area contributed by atoms with Crippen molar-refractivity contribution in [3.63, 3.8) is 0 Å². The molecular weight excluding hydrogens is 730 g/mol. The molecule has 5 aromatic carbocycles. The molecule has 5 heteroatoms. The molecule has 0 bridgehead atoms. The highest BCUT2D eigenvalue weighted by atomic mass is 28.3. The van der Waals surface area contributed by atoms with Crippen molar-refractivity contribution < 1.29 is 0 Å². The fourth-order valence-corrected chi connectivity index (χ4v) is 17.4. The smallest absolute Gasteiger partial charge is 0.251 e. The van der Waals surface area contributed by atoms with Crippen LogP contribution in [-0.2, 0) is 5.41 Å². The number of para-hydroxylation sites is 3. The van der Waals surface area contributed by atoms with Gasteiger partial charge in [0.15, 0.2) is 0 Å². The quantitative estimate of drug-likeness (QED) is 0.164. The standard InChI is InChI=1S/C54H60BN3Si/c1-53-32-17-18-33-54(53,2)58-47-35-38(37-20-9-5-10-21-37)34-46-50(47)55(45-29-19-28-44(53)51(45)58)49-43-36-42(56(39-22-11-6-12-23-39)40-24-13-7-14-25-40)30-31-48(43)59(3,4)52(49)57(46)41-26-15-8-16-27-41/h6,8,11-12,15-16,19,22-23,26-31,34-37,40H,5,7,9-10,13-14,17-18,20-21,24-25,32-33H2,1-4H3. The van der Waals surface area contributed by atoms with Crippen molar-refractivity contribution in [1.29, 1.82) is 0 Å². The molecule has 7 aliphatic rings. The third kappa shape index (κ3) is 5.00. The highest BCUT2D eigenvalue weighted by molar-refractivity contribution is 7.10. The van der Waals surface area contributed by atoms with Crippen molar-refractivity contribution in [2.45, 2.75) is 140 Å². The van der Waals surface area contributed by atoms with Gasteiger partial charge >= 0.3 is 0 Å². The zero-order valence-electron chi connectivity index (χ0n) is 35.9. The molecule has 2 unspecified atom stereocenters. The summed E-state index contributed by atoms with van der Waals surface area (Å²) in [6, 6.07) is 44.2. The van der Waals surface area contributed by atoms with Gasteiger partial charge in [0.2, 0.25) is 0 Å². The van der Waals surface area contributed by atoms with Gasteiger partial charge in [-0.2, -0.15) is 0 Å². The van der Waals surface area contributed by atoms with Crippen LogP contribution in [0, 0.1) is 0 Å². The van der Waals surface area contributed by atoms with Gasteiger partial charge in [0, 0.05) is 50.9 Å². The van der Waals surface area contributed by atoms with E-state index in [0.29, 0.717) is 12.0 Å². The molecule has 2 atom stereocenters. The van der Waals surface area contributed by atoms with E-state index in [9.17, 15) is 0 Å². The van der Waals surface area contributed by atoms with Crippen LogP contribution in [-0.4, -0.2) is 26.4 Å². The summed E-state index contributed by atoms with van der Waals surface area (Å²) in [5, 5.41) is 3.22. The summed E-state index contributed by atoms with van der Waals surface area (Å²) in [5.41, 5.74) is 18.1. The van der Waals surface area contributed by atoms with Gasteiger partial charge < -0.3 is 14.7 Å². The van der Waals surface area contributed by atoms with E-state index in [4.69, 9.17) is 0 Å². The molecule has 0 saturated heterocycles. The molecule has 3 saturated carbocycles. The predicted molar refractivity (Wildman–Crippen MR) is 255 cm³/mol. The number of hydrogen-bond donors (Lipinski definition) is 0. The first kappa shape index (κ1) is 36.4. The van der Waals surface area contributed by atoms with Gasteiger partial charge in [0.05, 0.1) is 5.54 Å². The average molecular weight is 790 g/mol. The van der Waals surface area contributed by atoms with Crippen LogP contribution >= 0.6 is 0 Å². The summed E-state index contributed by atoms with van der Waals surface area (Å²) >= 11 is 0. The molecular formula is C54H60BN3Si. The molecule has 4 aliphatic heterocycles. The van der Waals surface area contributed by atoms with Crippen molar-refractivity contribution in [1.82, 2.24) is 0 Å². The zero-order valence-corrected chi connectivity index (χ0v) is 36.9. The second-order valence-corrected chi connectivity index (χ2v) is 24.7. The van der Waals surface area contributed by atoms with Gasteiger partial charge in [-0.15, -0.1) is 0 Å². The average Bonchev–Trinajstić information content (AvgIpc) is 3.64. The summed E-state index contributed by atoms with van der Waals surface area (Å²) in [6.07, 6.45) is 18.3. The van der Waals surface area contributed by atoms with Crippen molar-refractivity contribution in [3.8, 4) is 0 Å². The van der Waals surface area contributed by atoms with E-state index in [2.05, 4.69) is 151 Å². The monoisotopic (exact) mass is 789 g/mol. The van der Waals surface area contributed by atoms with Crippen LogP contribution in [0.15, 0.2) is 115 Å². The molecule has 298 valence electrons. The summed E-state index contributed by atoms with van der Waals surface area (Å²) in [4.78, 5) is 8.52. The van der Waals surface area contributed by atoms with Crippen molar-refractivity contribution >= 4 is 70.5 Å². The Kier molecular flexibility index (Phi) is 8.18. The molecule has 5 aromatic rings. The molecule has 4 heterocycles. The van der Waals surface area contributed by atoms with Crippen LogP contribution in [0.25, 0.3) is 5.47 Å². The topological polar surface area (TPSA) is 9.72 Å². The maximum Gasteiger partial charge on any atom is 0.251 e. The second kappa shape index (κ2) is 13.3. The Bertz CT molecular complexity index is 2520. The van der Waals surface area contributed by atoms with Crippen LogP contribution in [0.2, 0.25) is 13.1 Å². The lowest BCUT2D eigenvalue weighted by Gasteiger charge is -2.53. The number of nitrogens with zero attached hydrogens (tertiary/aromatic N) is 3. The lowest BCUT2D eigenvalue weighted by Crippen LogP contribution is -2.61. The van der Waals surface area contributed by atoms with Crippen molar-refractivity contribution in [2.24, 2.45) is 0 Å². The van der Waals surface area contributed by atoms with Crippen LogP contribution in [0.1, 0.15) is 126 Å². The molecule has 0 spiro atoms. The second-order valence-electron chi connectivity index (χ2n) is 20.4. The Balaban J connectivity index is 1.16. The van der Waals surface area contributed by atoms with Gasteiger partial charge in [-0.3, -0.25) is 0 Å². The first-order valence-corrected chi connectivity index (χ1v) is 26.5. The molecule has 59 heavy (non-hydrogen) atoms. The normalized spacial score (nSPS) is 25.3. The van der Waals surface area contributed by atoms with Crippen LogP contribution in [0.4, 0.5) is 34.1 Å². The maximum absolute atomic E-state index is 2.96. The molecule has 3 nitrogen and oxygen atoms in total. The minimum absolute atomic E-state index is 0.0325. The number of benzene rings is 5. The van der Waals surface area contributed by atoms with Gasteiger partial charge in [0.1, 0.15) is 8.07 Å². The van der Waals surface area contributed by atoms with Gasteiger partial charge in [-0.05, 0) is 138 Å². The lowest BCUT2D eigenvalue weighted by molar-refractivity contribution is 0.195. The first-order valence-electron chi connectivity index (χ1n) is 23.5. The molecule has 3 aliphatic carbocycles. The molecule has 0 aromatic heterocycles. The predicted octanol–water partition coefficient (Wildman–Crippen LogP) is 12.4. The maximum atomic E-state index is 2.96. The molecule has 0 amide bonds. The fraction of sp³-hybridized carbons (Fsp3) is 0.407. The first-order chi connectivity index (χ1) is 28.8.